The third-order valence-electron chi connectivity index (χ3n) is 7.31. The SMILES string of the molecule is CC(C)(C)OC(=O)N1C(C)(C)OCC1(C)c1ncc(-c2ccc(OCc3ccc(-c4ccccc4)cc3)c(C(F)(F)F)c2)s1. The lowest BCUT2D eigenvalue weighted by molar-refractivity contribution is -0.139. The van der Waals surface area contributed by atoms with Gasteiger partial charge in [-0.05, 0) is 82.0 Å². The molecule has 0 saturated carbocycles. The van der Waals surface area contributed by atoms with Gasteiger partial charge >= 0.3 is 12.3 Å². The fraction of sp³-hybridized carbons (Fsp3) is 0.353. The van der Waals surface area contributed by atoms with E-state index in [1.54, 1.807) is 40.7 Å². The highest BCUT2D eigenvalue weighted by molar-refractivity contribution is 7.15. The van der Waals surface area contributed by atoms with Gasteiger partial charge in [0.25, 0.3) is 0 Å². The second kappa shape index (κ2) is 11.6. The number of carbonyl (C=O) groups excluding carboxylic acids is 1. The van der Waals surface area contributed by atoms with E-state index in [2.05, 4.69) is 4.98 Å². The molecule has 232 valence electrons. The molecule has 4 aromatic rings. The Morgan fingerprint density at radius 3 is 2.23 bits per heavy atom. The lowest BCUT2D eigenvalue weighted by atomic mass is 10.0. The molecule has 3 aromatic carbocycles. The van der Waals surface area contributed by atoms with Crippen molar-refractivity contribution < 1.29 is 32.2 Å². The van der Waals surface area contributed by atoms with Crippen molar-refractivity contribution >= 4 is 17.4 Å². The number of benzene rings is 3. The standard InChI is InChI=1S/C34H35F3N2O4S/c1-31(2,3)43-30(40)39-32(4,5)42-21-33(39,6)29-38-19-28(44-29)25-16-17-27(26(18-25)34(35,36)37)41-20-22-12-14-24(15-13-22)23-10-8-7-9-11-23/h7-19H,20-21H2,1-6H3. The molecule has 1 aromatic heterocycles. The summed E-state index contributed by atoms with van der Waals surface area (Å²) in [5.41, 5.74) is -0.420. The molecule has 1 fully saturated rings. The number of alkyl halides is 3. The third-order valence-corrected chi connectivity index (χ3v) is 8.61. The zero-order valence-corrected chi connectivity index (χ0v) is 26.3. The Morgan fingerprint density at radius 1 is 0.955 bits per heavy atom. The number of aromatic nitrogens is 1. The van der Waals surface area contributed by atoms with Crippen LogP contribution < -0.4 is 4.74 Å². The molecule has 0 spiro atoms. The van der Waals surface area contributed by atoms with Gasteiger partial charge in [-0.15, -0.1) is 11.3 Å². The first-order chi connectivity index (χ1) is 20.6. The summed E-state index contributed by atoms with van der Waals surface area (Å²) in [6.07, 6.45) is -3.68. The molecule has 1 aliphatic rings. The van der Waals surface area contributed by atoms with E-state index in [9.17, 15) is 18.0 Å². The van der Waals surface area contributed by atoms with Crippen molar-refractivity contribution in [2.75, 3.05) is 6.61 Å². The molecule has 1 amide bonds. The molecule has 2 heterocycles. The van der Waals surface area contributed by atoms with Gasteiger partial charge in [0, 0.05) is 6.20 Å². The number of amides is 1. The van der Waals surface area contributed by atoms with Crippen LogP contribution in [-0.2, 0) is 27.8 Å². The molecule has 1 atom stereocenters. The van der Waals surface area contributed by atoms with Crippen LogP contribution in [0, 0.1) is 0 Å². The van der Waals surface area contributed by atoms with Gasteiger partial charge in [0.05, 0.1) is 17.0 Å². The quantitative estimate of drug-likeness (QED) is 0.214. The van der Waals surface area contributed by atoms with Crippen LogP contribution in [0.5, 0.6) is 5.75 Å². The van der Waals surface area contributed by atoms with Crippen LogP contribution in [0.4, 0.5) is 18.0 Å². The molecule has 6 nitrogen and oxygen atoms in total. The predicted molar refractivity (Wildman–Crippen MR) is 164 cm³/mol. The van der Waals surface area contributed by atoms with Crippen molar-refractivity contribution in [3.63, 3.8) is 0 Å². The van der Waals surface area contributed by atoms with Crippen molar-refractivity contribution in [1.29, 1.82) is 0 Å². The van der Waals surface area contributed by atoms with Gasteiger partial charge in [-0.1, -0.05) is 54.6 Å². The molecule has 1 saturated heterocycles. The molecule has 0 N–H and O–H groups in total. The highest BCUT2D eigenvalue weighted by atomic mass is 32.1. The first kappa shape index (κ1) is 31.5. The van der Waals surface area contributed by atoms with Gasteiger partial charge in [-0.3, -0.25) is 4.90 Å². The van der Waals surface area contributed by atoms with Crippen molar-refractivity contribution in [1.82, 2.24) is 9.88 Å². The maximum absolute atomic E-state index is 14.2. The fourth-order valence-electron chi connectivity index (χ4n) is 5.20. The summed E-state index contributed by atoms with van der Waals surface area (Å²) < 4.78 is 60.0. The number of thiazole rings is 1. The number of rotatable bonds is 6. The minimum absolute atomic E-state index is 0.0170. The highest BCUT2D eigenvalue weighted by Crippen LogP contribution is 2.46. The second-order valence-electron chi connectivity index (χ2n) is 12.4. The summed E-state index contributed by atoms with van der Waals surface area (Å²) in [4.78, 5) is 19.8. The Kier molecular flexibility index (Phi) is 8.28. The zero-order valence-electron chi connectivity index (χ0n) is 25.5. The van der Waals surface area contributed by atoms with Crippen LogP contribution in [0.3, 0.4) is 0 Å². The second-order valence-corrected chi connectivity index (χ2v) is 13.4. The van der Waals surface area contributed by atoms with E-state index < -0.39 is 34.7 Å². The van der Waals surface area contributed by atoms with E-state index in [0.717, 1.165) is 22.8 Å². The van der Waals surface area contributed by atoms with Gasteiger partial charge in [-0.25, -0.2) is 9.78 Å². The Balaban J connectivity index is 1.38. The molecule has 0 radical (unpaired) electrons. The topological polar surface area (TPSA) is 60.9 Å². The smallest absolute Gasteiger partial charge is 0.419 e. The van der Waals surface area contributed by atoms with Crippen LogP contribution in [0.2, 0.25) is 0 Å². The molecule has 1 aliphatic heterocycles. The first-order valence-electron chi connectivity index (χ1n) is 14.2. The molecule has 1 unspecified atom stereocenters. The fourth-order valence-corrected chi connectivity index (χ4v) is 6.23. The van der Waals surface area contributed by atoms with Crippen LogP contribution in [0.15, 0.2) is 79.0 Å². The van der Waals surface area contributed by atoms with E-state index in [4.69, 9.17) is 14.2 Å². The van der Waals surface area contributed by atoms with E-state index in [1.807, 2.05) is 61.5 Å². The average molecular weight is 625 g/mol. The Morgan fingerprint density at radius 2 is 1.59 bits per heavy atom. The summed E-state index contributed by atoms with van der Waals surface area (Å²) >= 11 is 1.21. The molecular formula is C34H35F3N2O4S. The Hall–Kier alpha value is -3.89. The van der Waals surface area contributed by atoms with E-state index in [0.29, 0.717) is 15.4 Å². The van der Waals surface area contributed by atoms with Crippen molar-refractivity contribution in [3.05, 3.63) is 95.1 Å². The molecule has 0 aliphatic carbocycles. The Bertz CT molecular complexity index is 1630. The number of carbonyl (C=O) groups is 1. The predicted octanol–water partition coefficient (Wildman–Crippen LogP) is 9.29. The van der Waals surface area contributed by atoms with Crippen LogP contribution >= 0.6 is 11.3 Å². The number of hydrogen-bond donors (Lipinski definition) is 0. The summed E-state index contributed by atoms with van der Waals surface area (Å²) in [5.74, 6) is -0.257. The number of nitrogens with zero attached hydrogens (tertiary/aromatic N) is 2. The lowest BCUT2D eigenvalue weighted by Crippen LogP contribution is -2.53. The van der Waals surface area contributed by atoms with Crippen LogP contribution in [-0.4, -0.2) is 33.9 Å². The normalized spacial score (nSPS) is 18.3. The van der Waals surface area contributed by atoms with Crippen LogP contribution in [0.1, 0.15) is 57.7 Å². The minimum Gasteiger partial charge on any atom is -0.488 e. The molecule has 0 bridgehead atoms. The van der Waals surface area contributed by atoms with Gasteiger partial charge < -0.3 is 14.2 Å². The summed E-state index contributed by atoms with van der Waals surface area (Å²) in [6, 6.07) is 21.4. The van der Waals surface area contributed by atoms with Crippen molar-refractivity contribution in [3.8, 4) is 27.3 Å². The maximum atomic E-state index is 14.2. The monoisotopic (exact) mass is 624 g/mol. The molecular weight excluding hydrogens is 589 g/mol. The summed E-state index contributed by atoms with van der Waals surface area (Å²) in [7, 11) is 0. The van der Waals surface area contributed by atoms with Gasteiger partial charge in [0.2, 0.25) is 0 Å². The number of hydrogen-bond acceptors (Lipinski definition) is 6. The van der Waals surface area contributed by atoms with Gasteiger partial charge in [-0.2, -0.15) is 13.2 Å². The summed E-state index contributed by atoms with van der Waals surface area (Å²) in [6.45, 7) is 10.8. The van der Waals surface area contributed by atoms with Crippen molar-refractivity contribution in [2.45, 2.75) is 71.2 Å². The molecule has 5 rings (SSSR count). The van der Waals surface area contributed by atoms with Crippen LogP contribution in [0.25, 0.3) is 21.6 Å². The average Bonchev–Trinajstić information content (AvgIpc) is 3.54. The Labute approximate surface area is 259 Å². The van der Waals surface area contributed by atoms with E-state index >= 15 is 0 Å². The largest absolute Gasteiger partial charge is 0.488 e. The summed E-state index contributed by atoms with van der Waals surface area (Å²) in [5, 5.41) is 0.525. The van der Waals surface area contributed by atoms with Gasteiger partial charge in [0.1, 0.15) is 34.2 Å². The number of ether oxygens (including phenoxy) is 3. The van der Waals surface area contributed by atoms with E-state index in [-0.39, 0.29) is 19.0 Å². The molecule has 10 heteroatoms. The lowest BCUT2D eigenvalue weighted by Gasteiger charge is -2.39. The number of halogens is 3. The molecule has 44 heavy (non-hydrogen) atoms. The highest BCUT2D eigenvalue weighted by Gasteiger charge is 2.55. The van der Waals surface area contributed by atoms with Gasteiger partial charge in [0.15, 0.2) is 0 Å². The maximum Gasteiger partial charge on any atom is 0.419 e. The minimum atomic E-state index is -4.64. The zero-order chi connectivity index (χ0) is 31.9. The van der Waals surface area contributed by atoms with E-state index in [1.165, 1.54) is 28.5 Å². The third kappa shape index (κ3) is 6.61. The first-order valence-corrected chi connectivity index (χ1v) is 15.0. The van der Waals surface area contributed by atoms with Crippen molar-refractivity contribution in [2.24, 2.45) is 0 Å².